The second-order valence-electron chi connectivity index (χ2n) is 1.77. The Hall–Kier alpha value is -0.191. The molecule has 0 spiro atoms. The van der Waals surface area contributed by atoms with Gasteiger partial charge in [0.25, 0.3) is 0 Å². The Balaban J connectivity index is 0. The number of carbonyl (C=O) groups is 2. The van der Waals surface area contributed by atoms with Crippen molar-refractivity contribution in [2.45, 2.75) is 13.0 Å². The van der Waals surface area contributed by atoms with Crippen molar-refractivity contribution in [3.8, 4) is 0 Å². The van der Waals surface area contributed by atoms with E-state index >= 15 is 0 Å². The Labute approximate surface area is 80.6 Å². The molecule has 2 N–H and O–H groups in total. The number of thiol groups is 1. The van der Waals surface area contributed by atoms with E-state index in [9.17, 15) is 9.59 Å². The summed E-state index contributed by atoms with van der Waals surface area (Å²) in [6.07, 6.45) is 0. The summed E-state index contributed by atoms with van der Waals surface area (Å²) in [5, 5.41) is 10.6. The molecule has 0 aliphatic rings. The number of carboxylic acid groups (broad SMARTS) is 1. The van der Waals surface area contributed by atoms with Gasteiger partial charge in [0, 0.05) is 29.7 Å². The molecule has 0 saturated carbocycles. The molecular formula is C5H9CuNO3S. The van der Waals surface area contributed by atoms with Gasteiger partial charge in [-0.3, -0.25) is 4.79 Å². The van der Waals surface area contributed by atoms with Crippen LogP contribution in [0.4, 0.5) is 0 Å². The molecular weight excluding hydrogens is 218 g/mol. The van der Waals surface area contributed by atoms with Crippen LogP contribution in [0, 0.1) is 0 Å². The molecule has 69 valence electrons. The number of rotatable bonds is 3. The van der Waals surface area contributed by atoms with E-state index in [4.69, 9.17) is 5.11 Å². The van der Waals surface area contributed by atoms with Gasteiger partial charge < -0.3 is 10.4 Å². The van der Waals surface area contributed by atoms with Crippen molar-refractivity contribution in [2.24, 2.45) is 0 Å². The summed E-state index contributed by atoms with van der Waals surface area (Å²) in [5.74, 6) is -1.32. The minimum Gasteiger partial charge on any atom is -0.480 e. The van der Waals surface area contributed by atoms with Gasteiger partial charge in [0.05, 0.1) is 0 Å². The SMILES string of the molecule is CC(=O)NC(CS)C(=O)O.[Cu]. The Morgan fingerprint density at radius 2 is 2.09 bits per heavy atom. The van der Waals surface area contributed by atoms with Gasteiger partial charge in [-0.15, -0.1) is 0 Å². The van der Waals surface area contributed by atoms with Crippen LogP contribution in [0.5, 0.6) is 0 Å². The zero-order valence-corrected chi connectivity index (χ0v) is 7.63. The first kappa shape index (κ1) is 13.4. The number of carboxylic acids is 1. The first-order chi connectivity index (χ1) is 4.57. The van der Waals surface area contributed by atoms with Gasteiger partial charge in [0.15, 0.2) is 0 Å². The van der Waals surface area contributed by atoms with Crippen LogP contribution in [0.1, 0.15) is 6.92 Å². The van der Waals surface area contributed by atoms with Crippen molar-refractivity contribution in [3.63, 3.8) is 0 Å². The summed E-state index contributed by atoms with van der Waals surface area (Å²) >= 11 is 3.73. The van der Waals surface area contributed by atoms with Gasteiger partial charge in [-0.1, -0.05) is 0 Å². The average Bonchev–Trinajstić information content (AvgIpc) is 1.81. The maximum Gasteiger partial charge on any atom is 0.327 e. The molecule has 0 bridgehead atoms. The molecule has 0 aliphatic carbocycles. The van der Waals surface area contributed by atoms with Gasteiger partial charge in [0.1, 0.15) is 6.04 Å². The Morgan fingerprint density at radius 1 is 1.64 bits per heavy atom. The van der Waals surface area contributed by atoms with Crippen LogP contribution in [0.3, 0.4) is 0 Å². The van der Waals surface area contributed by atoms with E-state index in [2.05, 4.69) is 17.9 Å². The van der Waals surface area contributed by atoms with E-state index in [0.717, 1.165) is 0 Å². The second kappa shape index (κ2) is 6.52. The largest absolute Gasteiger partial charge is 0.480 e. The molecule has 1 amide bonds. The maximum atomic E-state index is 10.3. The van der Waals surface area contributed by atoms with Crippen LogP contribution < -0.4 is 5.32 Å². The molecule has 0 fully saturated rings. The number of nitrogens with one attached hydrogen (secondary N) is 1. The van der Waals surface area contributed by atoms with Crippen molar-refractivity contribution in [3.05, 3.63) is 0 Å². The van der Waals surface area contributed by atoms with Crippen LogP contribution in [0.15, 0.2) is 0 Å². The molecule has 0 aliphatic heterocycles. The van der Waals surface area contributed by atoms with Crippen LogP contribution in [0.25, 0.3) is 0 Å². The molecule has 1 atom stereocenters. The smallest absolute Gasteiger partial charge is 0.327 e. The second-order valence-corrected chi connectivity index (χ2v) is 2.14. The number of carbonyl (C=O) groups excluding carboxylic acids is 1. The molecule has 0 aromatic carbocycles. The molecule has 0 aromatic heterocycles. The fraction of sp³-hybridized carbons (Fsp3) is 0.600. The van der Waals surface area contributed by atoms with Crippen molar-refractivity contribution < 1.29 is 31.8 Å². The normalized spacial score (nSPS) is 11.1. The first-order valence-electron chi connectivity index (χ1n) is 2.68. The molecule has 0 saturated heterocycles. The van der Waals surface area contributed by atoms with Crippen LogP contribution >= 0.6 is 12.6 Å². The number of hydrogen-bond acceptors (Lipinski definition) is 3. The number of aliphatic carboxylic acids is 1. The van der Waals surface area contributed by atoms with Crippen LogP contribution in [-0.4, -0.2) is 28.8 Å². The predicted octanol–water partition coefficient (Wildman–Crippen LogP) is -0.497. The predicted molar refractivity (Wildman–Crippen MR) is 39.1 cm³/mol. The van der Waals surface area contributed by atoms with E-state index in [1.54, 1.807) is 0 Å². The number of amides is 1. The van der Waals surface area contributed by atoms with Crippen molar-refractivity contribution >= 4 is 24.5 Å². The van der Waals surface area contributed by atoms with Crippen molar-refractivity contribution in [2.75, 3.05) is 5.75 Å². The van der Waals surface area contributed by atoms with Crippen molar-refractivity contribution in [1.82, 2.24) is 5.32 Å². The van der Waals surface area contributed by atoms with E-state index < -0.39 is 12.0 Å². The fourth-order valence-electron chi connectivity index (χ4n) is 0.431. The summed E-state index contributed by atoms with van der Waals surface area (Å²) in [6.45, 7) is 1.26. The van der Waals surface area contributed by atoms with Gasteiger partial charge in [-0.05, 0) is 0 Å². The Morgan fingerprint density at radius 3 is 2.18 bits per heavy atom. The first-order valence-corrected chi connectivity index (χ1v) is 3.32. The molecule has 1 unspecified atom stereocenters. The third kappa shape index (κ3) is 6.22. The van der Waals surface area contributed by atoms with Crippen LogP contribution in [-0.2, 0) is 26.7 Å². The Kier molecular flexibility index (Phi) is 7.94. The van der Waals surface area contributed by atoms with Gasteiger partial charge in [-0.25, -0.2) is 4.79 Å². The molecule has 0 aromatic rings. The fourth-order valence-corrected chi connectivity index (χ4v) is 0.678. The van der Waals surface area contributed by atoms with E-state index in [1.807, 2.05) is 0 Å². The standard InChI is InChI=1S/C5H9NO3S.Cu/c1-3(7)6-4(2-10)5(8)9;/h4,10H,2H2,1H3,(H,6,7)(H,8,9);. The Bertz CT molecular complexity index is 153. The van der Waals surface area contributed by atoms with E-state index in [1.165, 1.54) is 6.92 Å². The molecule has 11 heavy (non-hydrogen) atoms. The zero-order chi connectivity index (χ0) is 8.15. The third-order valence-electron chi connectivity index (χ3n) is 0.858. The summed E-state index contributed by atoms with van der Waals surface area (Å²) < 4.78 is 0. The molecule has 4 nitrogen and oxygen atoms in total. The maximum absolute atomic E-state index is 10.3. The quantitative estimate of drug-likeness (QED) is 0.449. The van der Waals surface area contributed by atoms with Crippen molar-refractivity contribution in [1.29, 1.82) is 0 Å². The van der Waals surface area contributed by atoms with Gasteiger partial charge >= 0.3 is 5.97 Å². The van der Waals surface area contributed by atoms with E-state index in [-0.39, 0.29) is 28.7 Å². The van der Waals surface area contributed by atoms with Gasteiger partial charge in [0.2, 0.25) is 5.91 Å². The monoisotopic (exact) mass is 226 g/mol. The summed E-state index contributed by atoms with van der Waals surface area (Å²) in [4.78, 5) is 20.5. The molecule has 6 heteroatoms. The summed E-state index contributed by atoms with van der Waals surface area (Å²) in [7, 11) is 0. The van der Waals surface area contributed by atoms with Crippen LogP contribution in [0.2, 0.25) is 0 Å². The molecule has 0 rings (SSSR count). The molecule has 0 heterocycles. The minimum atomic E-state index is -1.06. The average molecular weight is 227 g/mol. The van der Waals surface area contributed by atoms with Gasteiger partial charge in [-0.2, -0.15) is 12.6 Å². The topological polar surface area (TPSA) is 66.4 Å². The number of hydrogen-bond donors (Lipinski definition) is 3. The summed E-state index contributed by atoms with van der Waals surface area (Å²) in [5.41, 5.74) is 0. The minimum absolute atomic E-state index is 0. The van der Waals surface area contributed by atoms with E-state index in [0.29, 0.717) is 0 Å². The summed E-state index contributed by atoms with van der Waals surface area (Å²) in [6, 6.07) is -0.874. The third-order valence-corrected chi connectivity index (χ3v) is 1.22. The molecule has 1 radical (unpaired) electrons. The zero-order valence-electron chi connectivity index (χ0n) is 5.80.